The van der Waals surface area contributed by atoms with E-state index in [-0.39, 0.29) is 5.91 Å². The van der Waals surface area contributed by atoms with E-state index >= 15 is 0 Å². The van der Waals surface area contributed by atoms with Crippen molar-refractivity contribution >= 4 is 11.6 Å². The van der Waals surface area contributed by atoms with Gasteiger partial charge in [0.1, 0.15) is 0 Å². The monoisotopic (exact) mass is 249 g/mol. The van der Waals surface area contributed by atoms with Crippen LogP contribution in [0.3, 0.4) is 0 Å². The van der Waals surface area contributed by atoms with Crippen LogP contribution in [-0.4, -0.2) is 38.0 Å². The first-order valence-electron chi connectivity index (χ1n) is 6.30. The Balaban J connectivity index is 2.34. The molecule has 0 radical (unpaired) electrons. The number of nitrogens with zero attached hydrogens (tertiary/aromatic N) is 1. The molecular formula is C14H23N3O. The molecule has 0 heterocycles. The summed E-state index contributed by atoms with van der Waals surface area (Å²) in [5, 5.41) is 2.92. The van der Waals surface area contributed by atoms with Gasteiger partial charge in [-0.05, 0) is 64.2 Å². The highest BCUT2D eigenvalue weighted by atomic mass is 16.1. The molecule has 0 aliphatic heterocycles. The molecule has 0 atom stereocenters. The van der Waals surface area contributed by atoms with Crippen molar-refractivity contribution in [2.24, 2.45) is 0 Å². The number of aryl methyl sites for hydroxylation is 1. The first kappa shape index (κ1) is 14.5. The highest BCUT2D eigenvalue weighted by molar-refractivity contribution is 5.94. The number of rotatable bonds is 6. The molecule has 0 bridgehead atoms. The molecule has 0 fully saturated rings. The number of nitrogens with one attached hydrogen (secondary N) is 1. The zero-order chi connectivity index (χ0) is 13.5. The van der Waals surface area contributed by atoms with Crippen molar-refractivity contribution in [2.45, 2.75) is 19.8 Å². The maximum atomic E-state index is 11.8. The Morgan fingerprint density at radius 1 is 1.33 bits per heavy atom. The number of amides is 1. The first-order valence-corrected chi connectivity index (χ1v) is 6.30. The fourth-order valence-electron chi connectivity index (χ4n) is 1.67. The largest absolute Gasteiger partial charge is 0.399 e. The van der Waals surface area contributed by atoms with Crippen molar-refractivity contribution in [3.8, 4) is 0 Å². The van der Waals surface area contributed by atoms with Gasteiger partial charge in [-0.25, -0.2) is 0 Å². The van der Waals surface area contributed by atoms with E-state index in [2.05, 4.69) is 24.3 Å². The Morgan fingerprint density at radius 2 is 2.06 bits per heavy atom. The number of nitrogen functional groups attached to an aromatic ring is 1. The molecule has 3 N–H and O–H groups in total. The van der Waals surface area contributed by atoms with Crippen LogP contribution < -0.4 is 11.1 Å². The molecule has 1 rings (SSSR count). The molecule has 18 heavy (non-hydrogen) atoms. The molecule has 0 aliphatic rings. The summed E-state index contributed by atoms with van der Waals surface area (Å²) in [6, 6.07) is 5.36. The van der Waals surface area contributed by atoms with Crippen molar-refractivity contribution in [1.29, 1.82) is 0 Å². The number of carbonyl (C=O) groups excluding carboxylic acids is 1. The first-order chi connectivity index (χ1) is 8.50. The number of hydrogen-bond donors (Lipinski definition) is 2. The molecule has 0 unspecified atom stereocenters. The molecule has 1 aromatic carbocycles. The Hall–Kier alpha value is -1.55. The Morgan fingerprint density at radius 3 is 2.67 bits per heavy atom. The van der Waals surface area contributed by atoms with Gasteiger partial charge in [-0.3, -0.25) is 4.79 Å². The van der Waals surface area contributed by atoms with E-state index < -0.39 is 0 Å². The van der Waals surface area contributed by atoms with Crippen molar-refractivity contribution in [3.63, 3.8) is 0 Å². The lowest BCUT2D eigenvalue weighted by Gasteiger charge is -2.10. The third kappa shape index (κ3) is 4.75. The maximum absolute atomic E-state index is 11.8. The molecule has 0 aliphatic carbocycles. The van der Waals surface area contributed by atoms with E-state index in [9.17, 15) is 4.79 Å². The lowest BCUT2D eigenvalue weighted by atomic mass is 10.1. The summed E-state index contributed by atoms with van der Waals surface area (Å²) in [4.78, 5) is 14.0. The van der Waals surface area contributed by atoms with Crippen molar-refractivity contribution in [3.05, 3.63) is 29.3 Å². The van der Waals surface area contributed by atoms with Gasteiger partial charge in [-0.2, -0.15) is 0 Å². The van der Waals surface area contributed by atoms with Gasteiger partial charge in [-0.1, -0.05) is 0 Å². The molecule has 0 aromatic heterocycles. The predicted molar refractivity (Wildman–Crippen MR) is 75.7 cm³/mol. The van der Waals surface area contributed by atoms with Crippen LogP contribution in [0.4, 0.5) is 5.69 Å². The summed E-state index contributed by atoms with van der Waals surface area (Å²) >= 11 is 0. The van der Waals surface area contributed by atoms with Crippen LogP contribution in [0.15, 0.2) is 18.2 Å². The van der Waals surface area contributed by atoms with Crippen LogP contribution in [0, 0.1) is 6.92 Å². The van der Waals surface area contributed by atoms with Gasteiger partial charge < -0.3 is 16.0 Å². The van der Waals surface area contributed by atoms with Crippen LogP contribution in [0.25, 0.3) is 0 Å². The van der Waals surface area contributed by atoms with Crippen molar-refractivity contribution < 1.29 is 4.79 Å². The number of carbonyl (C=O) groups is 1. The molecule has 0 saturated heterocycles. The SMILES string of the molecule is Cc1cc(C(=O)NCCCCN(C)C)ccc1N. The number of benzene rings is 1. The van der Waals surface area contributed by atoms with Crippen molar-refractivity contribution in [2.75, 3.05) is 32.9 Å². The minimum absolute atomic E-state index is 0.0250. The summed E-state index contributed by atoms with van der Waals surface area (Å²) < 4.78 is 0. The number of nitrogens with two attached hydrogens (primary N) is 1. The molecule has 4 nitrogen and oxygen atoms in total. The normalized spacial score (nSPS) is 10.7. The molecular weight excluding hydrogens is 226 g/mol. The van der Waals surface area contributed by atoms with Gasteiger partial charge in [0, 0.05) is 17.8 Å². The van der Waals surface area contributed by atoms with Crippen LogP contribution in [0.1, 0.15) is 28.8 Å². The minimum Gasteiger partial charge on any atom is -0.399 e. The van der Waals surface area contributed by atoms with Gasteiger partial charge >= 0.3 is 0 Å². The average Bonchev–Trinajstić information content (AvgIpc) is 2.31. The summed E-state index contributed by atoms with van der Waals surface area (Å²) in [5.74, 6) is -0.0250. The molecule has 1 amide bonds. The van der Waals surface area contributed by atoms with E-state index in [0.29, 0.717) is 5.56 Å². The van der Waals surface area contributed by atoms with E-state index in [0.717, 1.165) is 37.2 Å². The van der Waals surface area contributed by atoms with Gasteiger partial charge in [0.15, 0.2) is 0 Å². The van der Waals surface area contributed by atoms with Gasteiger partial charge in [0.05, 0.1) is 0 Å². The Bertz CT molecular complexity index is 402. The van der Waals surface area contributed by atoms with Gasteiger partial charge in [-0.15, -0.1) is 0 Å². The third-order valence-corrected chi connectivity index (χ3v) is 2.85. The van der Waals surface area contributed by atoms with Crippen LogP contribution >= 0.6 is 0 Å². The Kier molecular flexibility index (Phi) is 5.65. The van der Waals surface area contributed by atoms with E-state index in [4.69, 9.17) is 5.73 Å². The molecule has 0 saturated carbocycles. The van der Waals surface area contributed by atoms with Crippen molar-refractivity contribution in [1.82, 2.24) is 10.2 Å². The van der Waals surface area contributed by atoms with Crippen LogP contribution in [-0.2, 0) is 0 Å². The van der Waals surface area contributed by atoms with E-state index in [1.54, 1.807) is 12.1 Å². The zero-order valence-electron chi connectivity index (χ0n) is 11.5. The highest BCUT2D eigenvalue weighted by Gasteiger charge is 2.05. The maximum Gasteiger partial charge on any atom is 0.251 e. The smallest absolute Gasteiger partial charge is 0.251 e. The van der Waals surface area contributed by atoms with E-state index in [1.807, 2.05) is 13.0 Å². The van der Waals surface area contributed by atoms with Gasteiger partial charge in [0.2, 0.25) is 0 Å². The highest BCUT2D eigenvalue weighted by Crippen LogP contribution is 2.12. The summed E-state index contributed by atoms with van der Waals surface area (Å²) in [6.45, 7) is 3.68. The molecule has 100 valence electrons. The standard InChI is InChI=1S/C14H23N3O/c1-11-10-12(6-7-13(11)15)14(18)16-8-4-5-9-17(2)3/h6-7,10H,4-5,8-9,15H2,1-3H3,(H,16,18). The Labute approximate surface area is 109 Å². The number of anilines is 1. The molecule has 0 spiro atoms. The number of hydrogen-bond acceptors (Lipinski definition) is 3. The number of unbranched alkanes of at least 4 members (excludes halogenated alkanes) is 1. The third-order valence-electron chi connectivity index (χ3n) is 2.85. The lowest BCUT2D eigenvalue weighted by Crippen LogP contribution is -2.25. The van der Waals surface area contributed by atoms with Gasteiger partial charge in [0.25, 0.3) is 5.91 Å². The van der Waals surface area contributed by atoms with Crippen LogP contribution in [0.5, 0.6) is 0 Å². The topological polar surface area (TPSA) is 58.4 Å². The fraction of sp³-hybridized carbons (Fsp3) is 0.500. The molecule has 1 aromatic rings. The quantitative estimate of drug-likeness (QED) is 0.595. The van der Waals surface area contributed by atoms with Crippen LogP contribution in [0.2, 0.25) is 0 Å². The second-order valence-electron chi connectivity index (χ2n) is 4.84. The molecule has 4 heteroatoms. The second kappa shape index (κ2) is 7.01. The average molecular weight is 249 g/mol. The predicted octanol–water partition coefficient (Wildman–Crippen LogP) is 1.65. The summed E-state index contributed by atoms with van der Waals surface area (Å²) in [6.07, 6.45) is 2.09. The summed E-state index contributed by atoms with van der Waals surface area (Å²) in [5.41, 5.74) is 8.06. The zero-order valence-corrected chi connectivity index (χ0v) is 11.5. The second-order valence-corrected chi connectivity index (χ2v) is 4.84. The fourth-order valence-corrected chi connectivity index (χ4v) is 1.67. The summed E-state index contributed by atoms with van der Waals surface area (Å²) in [7, 11) is 4.10. The van der Waals surface area contributed by atoms with E-state index in [1.165, 1.54) is 0 Å². The minimum atomic E-state index is -0.0250. The lowest BCUT2D eigenvalue weighted by molar-refractivity contribution is 0.0952.